The van der Waals surface area contributed by atoms with E-state index in [2.05, 4.69) is 15.9 Å². The van der Waals surface area contributed by atoms with Gasteiger partial charge in [-0.2, -0.15) is 0 Å². The molecule has 0 N–H and O–H groups in total. The van der Waals surface area contributed by atoms with Crippen LogP contribution in [0.2, 0.25) is 10.0 Å². The second-order valence-electron chi connectivity index (χ2n) is 6.03. The monoisotopic (exact) mass is 470 g/mol. The maximum atomic E-state index is 12.0. The molecule has 1 aliphatic heterocycles. The van der Waals surface area contributed by atoms with Crippen LogP contribution < -0.4 is 0 Å². The van der Waals surface area contributed by atoms with Crippen molar-refractivity contribution in [1.29, 1.82) is 0 Å². The molecule has 4 nitrogen and oxygen atoms in total. The van der Waals surface area contributed by atoms with Crippen molar-refractivity contribution in [1.82, 2.24) is 0 Å². The summed E-state index contributed by atoms with van der Waals surface area (Å²) >= 11 is 15.6. The zero-order valence-electron chi connectivity index (χ0n) is 14.3. The van der Waals surface area contributed by atoms with Gasteiger partial charge in [-0.3, -0.25) is 0 Å². The Hall–Kier alpha value is -1.69. The van der Waals surface area contributed by atoms with Crippen LogP contribution in [-0.4, -0.2) is 23.7 Å². The quantitative estimate of drug-likeness (QED) is 0.380. The minimum absolute atomic E-state index is 0.00415. The van der Waals surface area contributed by atoms with Gasteiger partial charge in [0.2, 0.25) is 0 Å². The van der Waals surface area contributed by atoms with E-state index in [0.29, 0.717) is 39.5 Å². The van der Waals surface area contributed by atoms with Gasteiger partial charge in [-0.25, -0.2) is 4.79 Å². The van der Waals surface area contributed by atoms with E-state index in [1.165, 1.54) is 6.26 Å². The third kappa shape index (κ3) is 5.18. The van der Waals surface area contributed by atoms with Crippen LogP contribution >= 0.6 is 39.1 Å². The summed E-state index contributed by atoms with van der Waals surface area (Å²) in [6.45, 7) is 0.00415. The number of rotatable bonds is 7. The molecule has 0 bridgehead atoms. The van der Waals surface area contributed by atoms with Crippen molar-refractivity contribution < 1.29 is 19.0 Å². The van der Waals surface area contributed by atoms with Crippen LogP contribution in [0, 0.1) is 0 Å². The summed E-state index contributed by atoms with van der Waals surface area (Å²) in [7, 11) is 0. The van der Waals surface area contributed by atoms with Crippen molar-refractivity contribution >= 4 is 45.1 Å². The summed E-state index contributed by atoms with van der Waals surface area (Å²) < 4.78 is 16.9. The number of carbonyl (C=O) groups excluding carboxylic acids is 1. The normalized spacial score (nSPS) is 18.4. The topological polar surface area (TPSA) is 44.8 Å². The molecule has 0 spiro atoms. The molecule has 142 valence electrons. The van der Waals surface area contributed by atoms with Crippen molar-refractivity contribution in [3.05, 3.63) is 81.7 Å². The van der Waals surface area contributed by atoms with Gasteiger partial charge in [0.25, 0.3) is 5.79 Å². The standard InChI is InChI=1S/C20H17BrCl2O4/c21-13-20(9-8-14-6-7-16(22)10-18(14)23)26-12-17(27-20)11-25-19(24)15-4-2-1-3-5-15/h1-7,10,12H,8-9,11,13H2. The van der Waals surface area contributed by atoms with E-state index in [1.54, 1.807) is 36.4 Å². The number of benzene rings is 2. The molecule has 0 radical (unpaired) electrons. The summed E-state index contributed by atoms with van der Waals surface area (Å²) in [5, 5.41) is 1.66. The first-order valence-corrected chi connectivity index (χ1v) is 10.2. The van der Waals surface area contributed by atoms with E-state index in [4.69, 9.17) is 37.4 Å². The lowest BCUT2D eigenvalue weighted by Crippen LogP contribution is -2.33. The lowest BCUT2D eigenvalue weighted by molar-refractivity contribution is -0.135. The van der Waals surface area contributed by atoms with Gasteiger partial charge in [-0.15, -0.1) is 0 Å². The third-order valence-electron chi connectivity index (χ3n) is 4.07. The Labute approximate surface area is 176 Å². The average Bonchev–Trinajstić information content (AvgIpc) is 3.10. The molecular formula is C20H17BrCl2O4. The molecule has 0 saturated heterocycles. The molecule has 1 aliphatic rings. The average molecular weight is 472 g/mol. The second-order valence-corrected chi connectivity index (χ2v) is 7.43. The van der Waals surface area contributed by atoms with Crippen LogP contribution in [0.5, 0.6) is 0 Å². The van der Waals surface area contributed by atoms with Crippen LogP contribution in [-0.2, 0) is 20.6 Å². The Morgan fingerprint density at radius 3 is 2.63 bits per heavy atom. The maximum Gasteiger partial charge on any atom is 0.338 e. The van der Waals surface area contributed by atoms with E-state index in [1.807, 2.05) is 12.1 Å². The number of halogens is 3. The third-order valence-corrected chi connectivity index (χ3v) is 5.51. The van der Waals surface area contributed by atoms with E-state index >= 15 is 0 Å². The number of ether oxygens (including phenoxy) is 3. The smallest absolute Gasteiger partial charge is 0.338 e. The molecule has 0 aromatic heterocycles. The van der Waals surface area contributed by atoms with Gasteiger partial charge in [0.1, 0.15) is 6.26 Å². The summed E-state index contributed by atoms with van der Waals surface area (Å²) in [6.07, 6.45) is 2.70. The van der Waals surface area contributed by atoms with Gasteiger partial charge in [0, 0.05) is 16.5 Å². The fourth-order valence-electron chi connectivity index (χ4n) is 2.60. The van der Waals surface area contributed by atoms with E-state index < -0.39 is 11.8 Å². The highest BCUT2D eigenvalue weighted by atomic mass is 79.9. The predicted octanol–water partition coefficient (Wildman–Crippen LogP) is 5.76. The van der Waals surface area contributed by atoms with Gasteiger partial charge in [-0.05, 0) is 36.2 Å². The molecule has 0 amide bonds. The van der Waals surface area contributed by atoms with Gasteiger partial charge in [0.15, 0.2) is 12.4 Å². The Balaban J connectivity index is 1.54. The van der Waals surface area contributed by atoms with Gasteiger partial charge in [0.05, 0.1) is 10.9 Å². The largest absolute Gasteiger partial charge is 0.455 e. The molecule has 2 aromatic rings. The van der Waals surface area contributed by atoms with Gasteiger partial charge < -0.3 is 14.2 Å². The number of aryl methyl sites for hydroxylation is 1. The Kier molecular flexibility index (Phi) is 6.68. The predicted molar refractivity (Wildman–Crippen MR) is 108 cm³/mol. The second kappa shape index (κ2) is 9.00. The van der Waals surface area contributed by atoms with E-state index in [9.17, 15) is 4.79 Å². The lowest BCUT2D eigenvalue weighted by Gasteiger charge is -2.26. The zero-order chi connectivity index (χ0) is 19.3. The highest BCUT2D eigenvalue weighted by Gasteiger charge is 2.38. The maximum absolute atomic E-state index is 12.0. The molecule has 3 rings (SSSR count). The fourth-order valence-corrected chi connectivity index (χ4v) is 3.63. The number of hydrogen-bond donors (Lipinski definition) is 0. The number of alkyl halides is 1. The molecule has 0 saturated carbocycles. The van der Waals surface area contributed by atoms with Crippen LogP contribution in [0.3, 0.4) is 0 Å². The molecule has 1 heterocycles. The Morgan fingerprint density at radius 2 is 1.93 bits per heavy atom. The van der Waals surface area contributed by atoms with Crippen LogP contribution in [0.25, 0.3) is 0 Å². The van der Waals surface area contributed by atoms with Crippen LogP contribution in [0.15, 0.2) is 60.6 Å². The minimum atomic E-state index is -0.864. The molecule has 1 atom stereocenters. The number of hydrogen-bond acceptors (Lipinski definition) is 4. The SMILES string of the molecule is O=C(OCC1=COC(CBr)(CCc2ccc(Cl)cc2Cl)O1)c1ccccc1. The lowest BCUT2D eigenvalue weighted by atomic mass is 10.1. The highest BCUT2D eigenvalue weighted by Crippen LogP contribution is 2.33. The molecule has 0 fully saturated rings. The zero-order valence-corrected chi connectivity index (χ0v) is 17.4. The minimum Gasteiger partial charge on any atom is -0.455 e. The Morgan fingerprint density at radius 1 is 1.15 bits per heavy atom. The summed E-state index contributed by atoms with van der Waals surface area (Å²) in [6, 6.07) is 14.2. The van der Waals surface area contributed by atoms with Crippen molar-refractivity contribution in [2.24, 2.45) is 0 Å². The molecule has 2 aromatic carbocycles. The first-order valence-electron chi connectivity index (χ1n) is 8.29. The van der Waals surface area contributed by atoms with Crippen molar-refractivity contribution in [2.75, 3.05) is 11.9 Å². The van der Waals surface area contributed by atoms with Crippen LogP contribution in [0.4, 0.5) is 0 Å². The molecule has 1 unspecified atom stereocenters. The van der Waals surface area contributed by atoms with Crippen molar-refractivity contribution in [3.63, 3.8) is 0 Å². The van der Waals surface area contributed by atoms with Crippen molar-refractivity contribution in [2.45, 2.75) is 18.6 Å². The Bertz CT molecular complexity index is 841. The first-order chi connectivity index (χ1) is 13.0. The first kappa shape index (κ1) is 20.1. The molecule has 7 heteroatoms. The number of esters is 1. The van der Waals surface area contributed by atoms with Crippen molar-refractivity contribution in [3.8, 4) is 0 Å². The molecule has 0 aliphatic carbocycles. The summed E-state index contributed by atoms with van der Waals surface area (Å²) in [5.41, 5.74) is 1.44. The van der Waals surface area contributed by atoms with Gasteiger partial charge >= 0.3 is 5.97 Å². The van der Waals surface area contributed by atoms with Crippen LogP contribution in [0.1, 0.15) is 22.3 Å². The summed E-state index contributed by atoms with van der Waals surface area (Å²) in [5.74, 6) is -0.817. The summed E-state index contributed by atoms with van der Waals surface area (Å²) in [4.78, 5) is 12.0. The highest BCUT2D eigenvalue weighted by molar-refractivity contribution is 9.09. The number of carbonyl (C=O) groups is 1. The molecular weight excluding hydrogens is 455 g/mol. The van der Waals surface area contributed by atoms with E-state index in [0.717, 1.165) is 5.56 Å². The molecule has 27 heavy (non-hydrogen) atoms. The van der Waals surface area contributed by atoms with E-state index in [-0.39, 0.29) is 6.61 Å². The van der Waals surface area contributed by atoms with Gasteiger partial charge in [-0.1, -0.05) is 63.4 Å². The fraction of sp³-hybridized carbons (Fsp3) is 0.250.